The number of rotatable bonds is 5. The fourth-order valence-electron chi connectivity index (χ4n) is 2.85. The number of aromatic amines is 1. The van der Waals surface area contributed by atoms with E-state index in [9.17, 15) is 18.0 Å². The minimum absolute atomic E-state index is 0.0389. The number of carbonyl (C=O) groups is 1. The van der Waals surface area contributed by atoms with Crippen LogP contribution < -0.4 is 10.1 Å². The van der Waals surface area contributed by atoms with Gasteiger partial charge in [-0.3, -0.25) is 4.79 Å². The summed E-state index contributed by atoms with van der Waals surface area (Å²) in [5.41, 5.74) is 0.934. The number of benzene rings is 2. The molecule has 152 valence electrons. The van der Waals surface area contributed by atoms with Crippen molar-refractivity contribution in [1.82, 2.24) is 15.0 Å². The Balaban J connectivity index is 1.37. The Kier molecular flexibility index (Phi) is 5.09. The summed E-state index contributed by atoms with van der Waals surface area (Å²) < 4.78 is 43.6. The molecule has 0 radical (unpaired) electrons. The van der Waals surface area contributed by atoms with E-state index < -0.39 is 11.7 Å². The van der Waals surface area contributed by atoms with Crippen molar-refractivity contribution in [3.63, 3.8) is 0 Å². The van der Waals surface area contributed by atoms with Gasteiger partial charge in [0.2, 0.25) is 11.8 Å². The first-order valence-electron chi connectivity index (χ1n) is 8.90. The molecule has 2 heterocycles. The summed E-state index contributed by atoms with van der Waals surface area (Å²) in [6.07, 6.45) is -1.31. The molecule has 2 N–H and O–H groups in total. The maximum Gasteiger partial charge on any atom is 0.416 e. The molecule has 0 spiro atoms. The average Bonchev–Trinajstić information content (AvgIpc) is 3.19. The Morgan fingerprint density at radius 1 is 1.00 bits per heavy atom. The van der Waals surface area contributed by atoms with Gasteiger partial charge in [-0.25, -0.2) is 9.97 Å². The number of hydrogen-bond donors (Lipinski definition) is 2. The van der Waals surface area contributed by atoms with Gasteiger partial charge < -0.3 is 15.0 Å². The maximum absolute atomic E-state index is 12.6. The molecule has 2 aromatic heterocycles. The van der Waals surface area contributed by atoms with Gasteiger partial charge in [-0.2, -0.15) is 13.2 Å². The predicted octanol–water partition coefficient (Wildman–Crippen LogP) is 4.95. The van der Waals surface area contributed by atoms with Gasteiger partial charge in [-0.05, 0) is 48.0 Å². The van der Waals surface area contributed by atoms with E-state index in [1.165, 1.54) is 18.5 Å². The SMILES string of the molecule is O=C(Cc1ccc(C(F)(F)F)cc1)Nc1ccc(Oc2ncnc3[nH]ccc23)cc1. The van der Waals surface area contributed by atoms with Gasteiger partial charge in [0.05, 0.1) is 17.4 Å². The number of hydrogen-bond acceptors (Lipinski definition) is 4. The van der Waals surface area contributed by atoms with Crippen LogP contribution in [0.2, 0.25) is 0 Å². The number of aromatic nitrogens is 3. The van der Waals surface area contributed by atoms with E-state index in [1.807, 2.05) is 0 Å². The van der Waals surface area contributed by atoms with Crippen molar-refractivity contribution in [3.05, 3.63) is 78.2 Å². The van der Waals surface area contributed by atoms with Gasteiger partial charge in [0, 0.05) is 11.9 Å². The molecular formula is C21H15F3N4O2. The third-order valence-electron chi connectivity index (χ3n) is 4.32. The lowest BCUT2D eigenvalue weighted by molar-refractivity contribution is -0.137. The monoisotopic (exact) mass is 412 g/mol. The number of H-pyrrole nitrogens is 1. The first-order valence-corrected chi connectivity index (χ1v) is 8.90. The fraction of sp³-hybridized carbons (Fsp3) is 0.0952. The highest BCUT2D eigenvalue weighted by Gasteiger charge is 2.29. The third-order valence-corrected chi connectivity index (χ3v) is 4.32. The van der Waals surface area contributed by atoms with E-state index in [-0.39, 0.29) is 12.3 Å². The van der Waals surface area contributed by atoms with Crippen molar-refractivity contribution in [3.8, 4) is 11.6 Å². The van der Waals surface area contributed by atoms with Crippen LogP contribution >= 0.6 is 0 Å². The molecule has 0 fully saturated rings. The number of ether oxygens (including phenoxy) is 1. The molecule has 2 aromatic carbocycles. The summed E-state index contributed by atoms with van der Waals surface area (Å²) in [6.45, 7) is 0. The van der Waals surface area contributed by atoms with Gasteiger partial charge in [0.15, 0.2) is 0 Å². The summed E-state index contributed by atoms with van der Waals surface area (Å²) >= 11 is 0. The van der Waals surface area contributed by atoms with Crippen molar-refractivity contribution in [2.75, 3.05) is 5.32 Å². The van der Waals surface area contributed by atoms with E-state index in [0.717, 1.165) is 17.5 Å². The van der Waals surface area contributed by atoms with Crippen LogP contribution in [0.5, 0.6) is 11.6 Å². The van der Waals surface area contributed by atoms with Crippen LogP contribution in [0.15, 0.2) is 67.1 Å². The predicted molar refractivity (Wildman–Crippen MR) is 104 cm³/mol. The highest BCUT2D eigenvalue weighted by atomic mass is 19.4. The Morgan fingerprint density at radius 3 is 2.43 bits per heavy atom. The molecule has 0 aliphatic heterocycles. The second kappa shape index (κ2) is 7.86. The minimum atomic E-state index is -4.40. The molecule has 9 heteroatoms. The molecule has 0 aliphatic carbocycles. The zero-order valence-corrected chi connectivity index (χ0v) is 15.4. The van der Waals surface area contributed by atoms with Crippen molar-refractivity contribution >= 4 is 22.6 Å². The molecule has 0 aliphatic rings. The van der Waals surface area contributed by atoms with E-state index in [1.54, 1.807) is 36.5 Å². The lowest BCUT2D eigenvalue weighted by Crippen LogP contribution is -2.14. The highest BCUT2D eigenvalue weighted by molar-refractivity contribution is 5.92. The van der Waals surface area contributed by atoms with Crippen molar-refractivity contribution in [2.45, 2.75) is 12.6 Å². The number of fused-ring (bicyclic) bond motifs is 1. The second-order valence-electron chi connectivity index (χ2n) is 6.46. The van der Waals surface area contributed by atoms with Crippen molar-refractivity contribution in [1.29, 1.82) is 0 Å². The van der Waals surface area contributed by atoms with Gasteiger partial charge in [-0.1, -0.05) is 12.1 Å². The molecule has 4 rings (SSSR count). The third kappa shape index (κ3) is 4.40. The lowest BCUT2D eigenvalue weighted by atomic mass is 10.1. The van der Waals surface area contributed by atoms with E-state index in [4.69, 9.17) is 4.74 Å². The number of nitrogens with zero attached hydrogens (tertiary/aromatic N) is 2. The van der Waals surface area contributed by atoms with Crippen LogP contribution in [0.25, 0.3) is 11.0 Å². The Hall–Kier alpha value is -3.88. The van der Waals surface area contributed by atoms with Crippen LogP contribution in [0, 0.1) is 0 Å². The van der Waals surface area contributed by atoms with Crippen molar-refractivity contribution < 1.29 is 22.7 Å². The molecule has 0 bridgehead atoms. The molecule has 0 saturated heterocycles. The fourth-order valence-corrected chi connectivity index (χ4v) is 2.85. The van der Waals surface area contributed by atoms with Gasteiger partial charge in [0.1, 0.15) is 17.7 Å². The summed E-state index contributed by atoms with van der Waals surface area (Å²) in [7, 11) is 0. The zero-order chi connectivity index (χ0) is 21.1. The summed E-state index contributed by atoms with van der Waals surface area (Å²) in [5.74, 6) is 0.588. The Bertz CT molecular complexity index is 1170. The number of amides is 1. The quantitative estimate of drug-likeness (QED) is 0.486. The average molecular weight is 412 g/mol. The van der Waals surface area contributed by atoms with E-state index >= 15 is 0 Å². The van der Waals surface area contributed by atoms with Crippen molar-refractivity contribution in [2.24, 2.45) is 0 Å². The largest absolute Gasteiger partial charge is 0.438 e. The molecule has 0 saturated carbocycles. The van der Waals surface area contributed by atoms with Crippen LogP contribution in [0.3, 0.4) is 0 Å². The first kappa shape index (κ1) is 19.4. The normalized spacial score (nSPS) is 11.4. The van der Waals surface area contributed by atoms with Gasteiger partial charge in [0.25, 0.3) is 0 Å². The van der Waals surface area contributed by atoms with Crippen LogP contribution in [0.1, 0.15) is 11.1 Å². The zero-order valence-electron chi connectivity index (χ0n) is 15.4. The molecule has 6 nitrogen and oxygen atoms in total. The van der Waals surface area contributed by atoms with Crippen LogP contribution in [-0.4, -0.2) is 20.9 Å². The number of halogens is 3. The molecular weight excluding hydrogens is 397 g/mol. The smallest absolute Gasteiger partial charge is 0.416 e. The van der Waals surface area contributed by atoms with Gasteiger partial charge >= 0.3 is 6.18 Å². The molecule has 0 unspecified atom stereocenters. The summed E-state index contributed by atoms with van der Waals surface area (Å²) in [4.78, 5) is 23.4. The van der Waals surface area contributed by atoms with Crippen LogP contribution in [-0.2, 0) is 17.4 Å². The minimum Gasteiger partial charge on any atom is -0.438 e. The molecule has 30 heavy (non-hydrogen) atoms. The van der Waals surface area contributed by atoms with E-state index in [0.29, 0.717) is 28.5 Å². The summed E-state index contributed by atoms with van der Waals surface area (Å²) in [5, 5.41) is 3.45. The number of anilines is 1. The standard InChI is InChI=1S/C21H15F3N4O2/c22-21(23,24)14-3-1-13(2-4-14)11-18(29)28-15-5-7-16(8-6-15)30-20-17-9-10-25-19(17)26-12-27-20/h1-10,12H,11H2,(H,28,29)(H,25,26,27). The van der Waals surface area contributed by atoms with E-state index in [2.05, 4.69) is 20.3 Å². The second-order valence-corrected chi connectivity index (χ2v) is 6.46. The van der Waals surface area contributed by atoms with Crippen LogP contribution in [0.4, 0.5) is 18.9 Å². The lowest BCUT2D eigenvalue weighted by Gasteiger charge is -2.09. The number of nitrogens with one attached hydrogen (secondary N) is 2. The highest BCUT2D eigenvalue weighted by Crippen LogP contribution is 2.29. The topological polar surface area (TPSA) is 79.9 Å². The molecule has 4 aromatic rings. The maximum atomic E-state index is 12.6. The molecule has 1 amide bonds. The Labute approximate surface area is 168 Å². The number of carbonyl (C=O) groups excluding carboxylic acids is 1. The Morgan fingerprint density at radius 2 is 1.73 bits per heavy atom. The first-order chi connectivity index (χ1) is 14.4. The van der Waals surface area contributed by atoms with Gasteiger partial charge in [-0.15, -0.1) is 0 Å². The molecule has 0 atom stereocenters. The number of alkyl halides is 3. The summed E-state index contributed by atoms with van der Waals surface area (Å²) in [6, 6.07) is 13.0.